The fourth-order valence-electron chi connectivity index (χ4n) is 2.66. The van der Waals surface area contributed by atoms with Crippen molar-refractivity contribution in [1.82, 2.24) is 0 Å². The molecule has 1 saturated carbocycles. The number of hydrogen-bond donors (Lipinski definition) is 0. The van der Waals surface area contributed by atoms with Crippen LogP contribution in [-0.2, 0) is 12.6 Å². The number of hydrogen-bond acceptors (Lipinski definition) is 0. The third-order valence-electron chi connectivity index (χ3n) is 3.63. The maximum atomic E-state index is 13.0. The van der Waals surface area contributed by atoms with Crippen LogP contribution in [0.2, 0.25) is 0 Å². The van der Waals surface area contributed by atoms with Crippen LogP contribution in [0.4, 0.5) is 13.2 Å². The number of alkyl halides is 3. The van der Waals surface area contributed by atoms with Crippen molar-refractivity contribution in [2.45, 2.75) is 51.1 Å². The van der Waals surface area contributed by atoms with Gasteiger partial charge in [0.25, 0.3) is 0 Å². The van der Waals surface area contributed by atoms with E-state index in [1.54, 1.807) is 6.07 Å². The molecule has 1 fully saturated rings. The third-order valence-corrected chi connectivity index (χ3v) is 3.63. The van der Waals surface area contributed by atoms with Gasteiger partial charge in [0.05, 0.1) is 5.56 Å². The SMILES string of the molecule is CCc1ccc(C2CCCC2)c(C(F)(F)F)c1. The summed E-state index contributed by atoms with van der Waals surface area (Å²) in [6.07, 6.45) is 0.329. The first-order chi connectivity index (χ1) is 8.02. The molecule has 0 nitrogen and oxygen atoms in total. The van der Waals surface area contributed by atoms with Gasteiger partial charge >= 0.3 is 6.18 Å². The summed E-state index contributed by atoms with van der Waals surface area (Å²) < 4.78 is 39.1. The predicted molar refractivity (Wildman–Crippen MR) is 62.0 cm³/mol. The van der Waals surface area contributed by atoms with Crippen LogP contribution in [0, 0.1) is 0 Å². The fourth-order valence-corrected chi connectivity index (χ4v) is 2.66. The molecule has 1 aliphatic carbocycles. The molecule has 0 atom stereocenters. The Kier molecular flexibility index (Phi) is 3.45. The summed E-state index contributed by atoms with van der Waals surface area (Å²) in [6, 6.07) is 4.86. The topological polar surface area (TPSA) is 0 Å². The smallest absolute Gasteiger partial charge is 0.166 e. The van der Waals surface area contributed by atoms with Gasteiger partial charge < -0.3 is 0 Å². The first-order valence-electron chi connectivity index (χ1n) is 6.22. The standard InChI is InChI=1S/C14H17F3/c1-2-10-7-8-12(11-5-3-4-6-11)13(9-10)14(15,16)17/h7-9,11H,2-6H2,1H3. The van der Waals surface area contributed by atoms with E-state index in [-0.39, 0.29) is 5.92 Å². The monoisotopic (exact) mass is 242 g/mol. The molecule has 1 aromatic carbocycles. The van der Waals surface area contributed by atoms with Gasteiger partial charge in [-0.05, 0) is 42.4 Å². The lowest BCUT2D eigenvalue weighted by Crippen LogP contribution is -2.11. The molecule has 3 heteroatoms. The summed E-state index contributed by atoms with van der Waals surface area (Å²) >= 11 is 0. The molecular weight excluding hydrogens is 225 g/mol. The summed E-state index contributed by atoms with van der Waals surface area (Å²) in [7, 11) is 0. The normalized spacial score (nSPS) is 17.6. The lowest BCUT2D eigenvalue weighted by molar-refractivity contribution is -0.138. The summed E-state index contributed by atoms with van der Waals surface area (Å²) in [5, 5.41) is 0. The van der Waals surface area contributed by atoms with Gasteiger partial charge in [-0.15, -0.1) is 0 Å². The molecule has 0 bridgehead atoms. The quantitative estimate of drug-likeness (QED) is 0.690. The summed E-state index contributed by atoms with van der Waals surface area (Å²) in [5.41, 5.74) is 0.857. The summed E-state index contributed by atoms with van der Waals surface area (Å²) in [5.74, 6) is 0.109. The van der Waals surface area contributed by atoms with Crippen LogP contribution >= 0.6 is 0 Å². The minimum Gasteiger partial charge on any atom is -0.166 e. The second-order valence-electron chi connectivity index (χ2n) is 4.75. The molecule has 0 saturated heterocycles. The van der Waals surface area contributed by atoms with E-state index in [0.29, 0.717) is 12.0 Å². The molecule has 0 unspecified atom stereocenters. The average molecular weight is 242 g/mol. The second-order valence-corrected chi connectivity index (χ2v) is 4.75. The second kappa shape index (κ2) is 4.71. The highest BCUT2D eigenvalue weighted by Crippen LogP contribution is 2.41. The Morgan fingerprint density at radius 3 is 2.35 bits per heavy atom. The van der Waals surface area contributed by atoms with Crippen LogP contribution in [0.3, 0.4) is 0 Å². The van der Waals surface area contributed by atoms with Crippen LogP contribution < -0.4 is 0 Å². The molecule has 0 aliphatic heterocycles. The molecular formula is C14H17F3. The zero-order valence-electron chi connectivity index (χ0n) is 9.98. The maximum Gasteiger partial charge on any atom is 0.416 e. The van der Waals surface area contributed by atoms with Gasteiger partial charge in [0.15, 0.2) is 0 Å². The van der Waals surface area contributed by atoms with Crippen molar-refractivity contribution in [3.05, 3.63) is 34.9 Å². The van der Waals surface area contributed by atoms with Crippen LogP contribution in [-0.4, -0.2) is 0 Å². The minimum atomic E-state index is -4.22. The number of halogens is 3. The van der Waals surface area contributed by atoms with Crippen molar-refractivity contribution >= 4 is 0 Å². The molecule has 0 aromatic heterocycles. The molecule has 2 rings (SSSR count). The number of benzene rings is 1. The zero-order valence-corrected chi connectivity index (χ0v) is 9.98. The van der Waals surface area contributed by atoms with Crippen molar-refractivity contribution in [1.29, 1.82) is 0 Å². The Balaban J connectivity index is 2.42. The molecule has 0 radical (unpaired) electrons. The van der Waals surface area contributed by atoms with Crippen LogP contribution in [0.15, 0.2) is 18.2 Å². The lowest BCUT2D eigenvalue weighted by Gasteiger charge is -2.18. The molecule has 0 amide bonds. The minimum absolute atomic E-state index is 0.109. The Labute approximate surface area is 99.8 Å². The van der Waals surface area contributed by atoms with E-state index < -0.39 is 11.7 Å². The Morgan fingerprint density at radius 1 is 1.18 bits per heavy atom. The van der Waals surface area contributed by atoms with Crippen molar-refractivity contribution < 1.29 is 13.2 Å². The van der Waals surface area contributed by atoms with Gasteiger partial charge in [0, 0.05) is 0 Å². The molecule has 17 heavy (non-hydrogen) atoms. The van der Waals surface area contributed by atoms with E-state index in [1.807, 2.05) is 13.0 Å². The first-order valence-corrected chi connectivity index (χ1v) is 6.22. The van der Waals surface area contributed by atoms with E-state index in [0.717, 1.165) is 31.2 Å². The van der Waals surface area contributed by atoms with E-state index in [9.17, 15) is 13.2 Å². The van der Waals surface area contributed by atoms with E-state index in [2.05, 4.69) is 0 Å². The largest absolute Gasteiger partial charge is 0.416 e. The number of aryl methyl sites for hydroxylation is 1. The third kappa shape index (κ3) is 2.64. The van der Waals surface area contributed by atoms with E-state index in [4.69, 9.17) is 0 Å². The zero-order chi connectivity index (χ0) is 12.5. The van der Waals surface area contributed by atoms with Crippen LogP contribution in [0.25, 0.3) is 0 Å². The van der Waals surface area contributed by atoms with Crippen molar-refractivity contribution in [3.63, 3.8) is 0 Å². The van der Waals surface area contributed by atoms with Gasteiger partial charge in [-0.1, -0.05) is 31.9 Å². The fraction of sp³-hybridized carbons (Fsp3) is 0.571. The lowest BCUT2D eigenvalue weighted by atomic mass is 9.91. The summed E-state index contributed by atoms with van der Waals surface area (Å²) in [4.78, 5) is 0. The maximum absolute atomic E-state index is 13.0. The van der Waals surface area contributed by atoms with E-state index >= 15 is 0 Å². The molecule has 0 N–H and O–H groups in total. The van der Waals surface area contributed by atoms with Crippen LogP contribution in [0.5, 0.6) is 0 Å². The summed E-state index contributed by atoms with van der Waals surface area (Å²) in [6.45, 7) is 1.88. The van der Waals surface area contributed by atoms with Crippen LogP contribution in [0.1, 0.15) is 55.2 Å². The highest BCUT2D eigenvalue weighted by atomic mass is 19.4. The van der Waals surface area contributed by atoms with Crippen molar-refractivity contribution in [2.75, 3.05) is 0 Å². The first kappa shape index (κ1) is 12.5. The van der Waals surface area contributed by atoms with Gasteiger partial charge in [-0.25, -0.2) is 0 Å². The number of rotatable bonds is 2. The van der Waals surface area contributed by atoms with Crippen molar-refractivity contribution in [3.8, 4) is 0 Å². The highest BCUT2D eigenvalue weighted by molar-refractivity contribution is 5.37. The van der Waals surface area contributed by atoms with E-state index in [1.165, 1.54) is 6.07 Å². The predicted octanol–water partition coefficient (Wildman–Crippen LogP) is 4.93. The Morgan fingerprint density at radius 2 is 1.82 bits per heavy atom. The van der Waals surface area contributed by atoms with Gasteiger partial charge in [0.2, 0.25) is 0 Å². The molecule has 1 aromatic rings. The van der Waals surface area contributed by atoms with Gasteiger partial charge in [-0.2, -0.15) is 13.2 Å². The average Bonchev–Trinajstić information content (AvgIpc) is 2.80. The highest BCUT2D eigenvalue weighted by Gasteiger charge is 2.35. The molecule has 0 spiro atoms. The Hall–Kier alpha value is -0.990. The molecule has 94 valence electrons. The molecule has 1 aliphatic rings. The van der Waals surface area contributed by atoms with Gasteiger partial charge in [0.1, 0.15) is 0 Å². The Bertz CT molecular complexity index is 387. The molecule has 0 heterocycles. The van der Waals surface area contributed by atoms with Crippen molar-refractivity contribution in [2.24, 2.45) is 0 Å². The van der Waals surface area contributed by atoms with Gasteiger partial charge in [-0.3, -0.25) is 0 Å².